The van der Waals surface area contributed by atoms with E-state index >= 15 is 0 Å². The normalized spacial score (nSPS) is 31.1. The zero-order valence-electron chi connectivity index (χ0n) is 12.1. The SMILES string of the molecule is CCC(C)C(N)C(=O)NC1CC(C)CC(C)C1.Cl. The van der Waals surface area contributed by atoms with Crippen LogP contribution >= 0.6 is 12.4 Å². The van der Waals surface area contributed by atoms with Crippen LogP contribution in [0.5, 0.6) is 0 Å². The van der Waals surface area contributed by atoms with Gasteiger partial charge in [0, 0.05) is 6.04 Å². The average molecular weight is 277 g/mol. The Labute approximate surface area is 118 Å². The minimum atomic E-state index is -0.354. The van der Waals surface area contributed by atoms with E-state index in [0.717, 1.165) is 19.3 Å². The van der Waals surface area contributed by atoms with Crippen molar-refractivity contribution in [1.29, 1.82) is 0 Å². The molecule has 1 fully saturated rings. The molecule has 1 aliphatic rings. The van der Waals surface area contributed by atoms with Crippen LogP contribution in [-0.2, 0) is 4.79 Å². The van der Waals surface area contributed by atoms with Crippen LogP contribution in [0.2, 0.25) is 0 Å². The lowest BCUT2D eigenvalue weighted by atomic mass is 9.80. The Hall–Kier alpha value is -0.280. The van der Waals surface area contributed by atoms with Crippen molar-refractivity contribution >= 4 is 18.3 Å². The van der Waals surface area contributed by atoms with Crippen molar-refractivity contribution in [3.05, 3.63) is 0 Å². The average Bonchev–Trinajstić information content (AvgIpc) is 2.25. The van der Waals surface area contributed by atoms with Crippen molar-refractivity contribution in [3.8, 4) is 0 Å². The topological polar surface area (TPSA) is 55.1 Å². The minimum Gasteiger partial charge on any atom is -0.352 e. The van der Waals surface area contributed by atoms with Gasteiger partial charge in [-0.05, 0) is 37.0 Å². The molecule has 0 aromatic carbocycles. The highest BCUT2D eigenvalue weighted by Crippen LogP contribution is 2.28. The van der Waals surface area contributed by atoms with E-state index in [4.69, 9.17) is 5.73 Å². The van der Waals surface area contributed by atoms with Gasteiger partial charge in [-0.3, -0.25) is 4.79 Å². The summed E-state index contributed by atoms with van der Waals surface area (Å²) in [7, 11) is 0. The first-order valence-corrected chi connectivity index (χ1v) is 7.00. The first kappa shape index (κ1) is 17.7. The van der Waals surface area contributed by atoms with Crippen LogP contribution in [0.3, 0.4) is 0 Å². The van der Waals surface area contributed by atoms with Crippen LogP contribution in [0.4, 0.5) is 0 Å². The van der Waals surface area contributed by atoms with Gasteiger partial charge in [0.2, 0.25) is 5.91 Å². The maximum absolute atomic E-state index is 12.0. The Kier molecular flexibility index (Phi) is 7.88. The molecule has 3 N–H and O–H groups in total. The van der Waals surface area contributed by atoms with E-state index in [9.17, 15) is 4.79 Å². The lowest BCUT2D eigenvalue weighted by Crippen LogP contribution is -2.49. The van der Waals surface area contributed by atoms with Crippen LogP contribution in [0.15, 0.2) is 0 Å². The molecule has 4 atom stereocenters. The summed E-state index contributed by atoms with van der Waals surface area (Å²) in [6.45, 7) is 8.64. The van der Waals surface area contributed by atoms with Gasteiger partial charge in [-0.2, -0.15) is 0 Å². The smallest absolute Gasteiger partial charge is 0.237 e. The Morgan fingerprint density at radius 1 is 1.28 bits per heavy atom. The highest BCUT2D eigenvalue weighted by atomic mass is 35.5. The number of hydrogen-bond acceptors (Lipinski definition) is 2. The molecule has 1 amide bonds. The standard InChI is InChI=1S/C14H28N2O.ClH/c1-5-11(4)13(15)14(17)16-12-7-9(2)6-10(3)8-12;/h9-13H,5-8,15H2,1-4H3,(H,16,17);1H. The van der Waals surface area contributed by atoms with E-state index in [0.29, 0.717) is 17.9 Å². The zero-order chi connectivity index (χ0) is 13.0. The second-order valence-corrected chi connectivity index (χ2v) is 6.03. The fourth-order valence-electron chi connectivity index (χ4n) is 2.87. The van der Waals surface area contributed by atoms with E-state index < -0.39 is 0 Å². The molecule has 3 nitrogen and oxygen atoms in total. The number of carbonyl (C=O) groups is 1. The number of hydrogen-bond donors (Lipinski definition) is 2. The van der Waals surface area contributed by atoms with Crippen LogP contribution in [0.1, 0.15) is 53.4 Å². The van der Waals surface area contributed by atoms with E-state index in [-0.39, 0.29) is 30.3 Å². The predicted octanol–water partition coefficient (Wildman–Crippen LogP) is 2.72. The summed E-state index contributed by atoms with van der Waals surface area (Å²) in [6.07, 6.45) is 4.43. The molecule has 4 unspecified atom stereocenters. The first-order valence-electron chi connectivity index (χ1n) is 7.00. The van der Waals surface area contributed by atoms with Crippen molar-refractivity contribution < 1.29 is 4.79 Å². The number of rotatable bonds is 4. The molecule has 18 heavy (non-hydrogen) atoms. The third-order valence-electron chi connectivity index (χ3n) is 4.08. The van der Waals surface area contributed by atoms with Crippen molar-refractivity contribution in [1.82, 2.24) is 5.32 Å². The molecule has 1 aliphatic carbocycles. The number of halogens is 1. The maximum Gasteiger partial charge on any atom is 0.237 e. The van der Waals surface area contributed by atoms with Gasteiger partial charge in [0.05, 0.1) is 6.04 Å². The summed E-state index contributed by atoms with van der Waals surface area (Å²) in [5.41, 5.74) is 5.95. The van der Waals surface area contributed by atoms with Crippen LogP contribution in [-0.4, -0.2) is 18.0 Å². The Morgan fingerprint density at radius 2 is 1.78 bits per heavy atom. The van der Waals surface area contributed by atoms with Crippen molar-refractivity contribution in [2.75, 3.05) is 0 Å². The Bertz CT molecular complexity index is 250. The molecule has 0 radical (unpaired) electrons. The van der Waals surface area contributed by atoms with Crippen molar-refractivity contribution in [2.45, 2.75) is 65.5 Å². The number of carbonyl (C=O) groups excluding carboxylic acids is 1. The van der Waals surface area contributed by atoms with Gasteiger partial charge in [0.1, 0.15) is 0 Å². The third-order valence-corrected chi connectivity index (χ3v) is 4.08. The molecule has 0 spiro atoms. The van der Waals surface area contributed by atoms with Gasteiger partial charge >= 0.3 is 0 Å². The molecule has 1 rings (SSSR count). The van der Waals surface area contributed by atoms with E-state index in [1.54, 1.807) is 0 Å². The second kappa shape index (κ2) is 8.00. The molecule has 1 saturated carbocycles. The predicted molar refractivity (Wildman–Crippen MR) is 78.8 cm³/mol. The van der Waals surface area contributed by atoms with Gasteiger partial charge in [-0.15, -0.1) is 12.4 Å². The second-order valence-electron chi connectivity index (χ2n) is 6.03. The number of amides is 1. The lowest BCUT2D eigenvalue weighted by Gasteiger charge is -2.33. The number of nitrogens with two attached hydrogens (primary N) is 1. The highest BCUT2D eigenvalue weighted by molar-refractivity contribution is 5.85. The molecule has 0 saturated heterocycles. The summed E-state index contributed by atoms with van der Waals surface area (Å²) in [5.74, 6) is 1.71. The third kappa shape index (κ3) is 5.15. The maximum atomic E-state index is 12.0. The fourth-order valence-corrected chi connectivity index (χ4v) is 2.87. The summed E-state index contributed by atoms with van der Waals surface area (Å²) >= 11 is 0. The van der Waals surface area contributed by atoms with Crippen LogP contribution < -0.4 is 11.1 Å². The fraction of sp³-hybridized carbons (Fsp3) is 0.929. The molecule has 0 bridgehead atoms. The van der Waals surface area contributed by atoms with Gasteiger partial charge in [-0.1, -0.05) is 34.1 Å². The molecule has 0 aromatic rings. The molecule has 4 heteroatoms. The summed E-state index contributed by atoms with van der Waals surface area (Å²) in [4.78, 5) is 12.0. The molecule has 0 heterocycles. The summed E-state index contributed by atoms with van der Waals surface area (Å²) in [5, 5.41) is 3.13. The molecule has 0 aliphatic heterocycles. The monoisotopic (exact) mass is 276 g/mol. The van der Waals surface area contributed by atoms with Gasteiger partial charge in [0.25, 0.3) is 0 Å². The highest BCUT2D eigenvalue weighted by Gasteiger charge is 2.27. The molecule has 108 valence electrons. The van der Waals surface area contributed by atoms with E-state index in [1.165, 1.54) is 6.42 Å². The molecular weight excluding hydrogens is 248 g/mol. The molecular formula is C14H29ClN2O. The van der Waals surface area contributed by atoms with E-state index in [1.807, 2.05) is 6.92 Å². The first-order chi connectivity index (χ1) is 7.93. The van der Waals surface area contributed by atoms with Crippen molar-refractivity contribution in [3.63, 3.8) is 0 Å². The van der Waals surface area contributed by atoms with Gasteiger partial charge < -0.3 is 11.1 Å². The van der Waals surface area contributed by atoms with Gasteiger partial charge in [-0.25, -0.2) is 0 Å². The summed E-state index contributed by atoms with van der Waals surface area (Å²) in [6, 6.07) is -0.0242. The Balaban J connectivity index is 0.00000289. The Morgan fingerprint density at radius 3 is 2.22 bits per heavy atom. The van der Waals surface area contributed by atoms with Crippen molar-refractivity contribution in [2.24, 2.45) is 23.5 Å². The molecule has 0 aromatic heterocycles. The van der Waals surface area contributed by atoms with Crippen LogP contribution in [0.25, 0.3) is 0 Å². The van der Waals surface area contributed by atoms with E-state index in [2.05, 4.69) is 26.1 Å². The summed E-state index contributed by atoms with van der Waals surface area (Å²) < 4.78 is 0. The zero-order valence-corrected chi connectivity index (χ0v) is 12.9. The van der Waals surface area contributed by atoms with Gasteiger partial charge in [0.15, 0.2) is 0 Å². The minimum absolute atomic E-state index is 0. The quantitative estimate of drug-likeness (QED) is 0.830. The van der Waals surface area contributed by atoms with Crippen LogP contribution in [0, 0.1) is 17.8 Å². The number of nitrogens with one attached hydrogen (secondary N) is 1. The largest absolute Gasteiger partial charge is 0.352 e. The lowest BCUT2D eigenvalue weighted by molar-refractivity contribution is -0.124.